The second-order valence-electron chi connectivity index (χ2n) is 47.0. The summed E-state index contributed by atoms with van der Waals surface area (Å²) in [5.41, 5.74) is -2.66. The molecule has 16 saturated carbocycles. The number of rotatable bonds is 17. The summed E-state index contributed by atoms with van der Waals surface area (Å²) in [5, 5.41) is 0. The summed E-state index contributed by atoms with van der Waals surface area (Å²) in [5.74, 6) is 12.9. The van der Waals surface area contributed by atoms with E-state index in [4.69, 9.17) is 52.1 Å². The van der Waals surface area contributed by atoms with E-state index in [1.807, 2.05) is 69.2 Å². The minimum atomic E-state index is -0.607. The number of esters is 11. The van der Waals surface area contributed by atoms with Gasteiger partial charge >= 0.3 is 65.7 Å². The monoisotopic (exact) mass is 1690 g/mol. The van der Waals surface area contributed by atoms with Gasteiger partial charge in [0.25, 0.3) is 0 Å². The van der Waals surface area contributed by atoms with Crippen LogP contribution in [-0.4, -0.2) is 136 Å². The standard InChI is InChI=1S/C22H32O4.2C21H30O4.C18H26O6.C17H26O4/c1-5-21(3,4)20(24)26-19-11(2)13-7-14(19)18-15-6-12(17(13)18)8-22(15)9-16(23)25-10-22;1-4-20(2,3)19(23)25-15-7-11-5-13(15)17-12-6-14(18(11)17)21(8-12)9-16(22)24-10-21;1-4-20(2,3)19(23)25-15-7-11-5-13(15)18-14-6-12(17(11)18)8-21(14)9-16(22)24-10-21;1-4-17(2,3)15(20)23-10-14(19)24-13-8-11-7-12(13)18(9-11)5-6-22-16(18)21;1-5-16(3,4)14(18)21-13-10(2)11-8-12(13)17(9-11)6-7-20-15(17)19/h11-15,17-19H,5-10H2,1-4H3;2*11-15,17-18H,4-10H2,1-3H3;11-13H,4-10H2,1-3H3;10-13H,5-9H2,1-4H3. The first kappa shape index (κ1) is 87.3. The van der Waals surface area contributed by atoms with Crippen molar-refractivity contribution >= 4 is 65.7 Å². The summed E-state index contributed by atoms with van der Waals surface area (Å²) >= 11 is 0. The molecule has 22 nitrogen and oxygen atoms in total. The lowest BCUT2D eigenvalue weighted by molar-refractivity contribution is -0.173. The normalized spacial score (nSPS) is 45.6. The Kier molecular flexibility index (Phi) is 22.4. The minimum Gasteiger partial charge on any atom is -0.465 e. The van der Waals surface area contributed by atoms with Crippen molar-refractivity contribution in [3.8, 4) is 0 Å². The van der Waals surface area contributed by atoms with Crippen LogP contribution in [0.2, 0.25) is 0 Å². The zero-order valence-corrected chi connectivity index (χ0v) is 75.9. The first-order valence-corrected chi connectivity index (χ1v) is 48.1. The molecule has 5 aliphatic heterocycles. The molecule has 0 radical (unpaired) electrons. The lowest BCUT2D eigenvalue weighted by Gasteiger charge is -2.47. The van der Waals surface area contributed by atoms with E-state index >= 15 is 0 Å². The molecule has 5 heterocycles. The van der Waals surface area contributed by atoms with Crippen LogP contribution in [0.15, 0.2) is 0 Å². The van der Waals surface area contributed by atoms with E-state index in [-0.39, 0.29) is 135 Å². The van der Waals surface area contributed by atoms with E-state index in [9.17, 15) is 52.7 Å². The van der Waals surface area contributed by atoms with Crippen molar-refractivity contribution < 1.29 is 105 Å². The van der Waals surface area contributed by atoms with Crippen molar-refractivity contribution in [2.75, 3.05) is 39.6 Å². The van der Waals surface area contributed by atoms with Gasteiger partial charge in [0.2, 0.25) is 0 Å². The summed E-state index contributed by atoms with van der Waals surface area (Å²) in [6, 6.07) is 0. The van der Waals surface area contributed by atoms with Crippen LogP contribution in [0.5, 0.6) is 0 Å². The molecule has 21 rings (SSSR count). The van der Waals surface area contributed by atoms with Gasteiger partial charge < -0.3 is 52.1 Å². The lowest BCUT2D eigenvalue weighted by atomic mass is 9.58. The SMILES string of the molecule is CCC(C)(C)C(=O)OC1C(C)C2CC1C1(CCOC1=O)C2.CCC(C)(C)C(=O)OC1C(C)C2CC1C1C2C2CC1C1(COC(=O)C1)C2.CCC(C)(C)C(=O)OC1CC2CC1C1C2C2CC1C1(COC(=O)C1)C2.CCC(C)(C)C(=O)OC1CC2CC1C1C3CC(C21)C1(COC(=O)C1)C3.CCC(C)(C)C(=O)OCC(=O)OC1CC2CC1C1(CCOC1=O)C2. The molecule has 0 aromatic rings. The average molecular weight is 1690 g/mol. The lowest BCUT2D eigenvalue weighted by Crippen LogP contribution is -2.48. The third-order valence-electron chi connectivity index (χ3n) is 39.5. The van der Waals surface area contributed by atoms with Crippen LogP contribution in [0.1, 0.15) is 285 Å². The zero-order valence-electron chi connectivity index (χ0n) is 75.9. The van der Waals surface area contributed by atoms with Gasteiger partial charge in [0.05, 0.1) is 90.2 Å². The molecule has 22 heteroatoms. The van der Waals surface area contributed by atoms with Crippen molar-refractivity contribution in [1.82, 2.24) is 0 Å². The van der Waals surface area contributed by atoms with Gasteiger partial charge in [0.1, 0.15) is 30.5 Å². The fourth-order valence-corrected chi connectivity index (χ4v) is 31.4. The fraction of sp³-hybridized carbons (Fsp3) is 0.889. The van der Waals surface area contributed by atoms with E-state index in [0.717, 1.165) is 137 Å². The first-order chi connectivity index (χ1) is 57.1. The quantitative estimate of drug-likeness (QED) is 0.0742. The Balaban J connectivity index is 0.000000108. The molecule has 0 aromatic carbocycles. The molecule has 0 aromatic heterocycles. The van der Waals surface area contributed by atoms with Gasteiger partial charge in [-0.1, -0.05) is 48.5 Å². The van der Waals surface area contributed by atoms with Crippen molar-refractivity contribution in [2.24, 2.45) is 196 Å². The molecule has 672 valence electrons. The Morgan fingerprint density at radius 2 is 0.752 bits per heavy atom. The summed E-state index contributed by atoms with van der Waals surface area (Å²) in [7, 11) is 0. The highest BCUT2D eigenvalue weighted by Gasteiger charge is 2.76. The van der Waals surface area contributed by atoms with E-state index < -0.39 is 33.6 Å². The molecule has 5 spiro atoms. The number of hydrogen-bond donors (Lipinski definition) is 0. The van der Waals surface area contributed by atoms with Crippen molar-refractivity contribution in [3.05, 3.63) is 0 Å². The van der Waals surface area contributed by atoms with Gasteiger partial charge in [-0.25, -0.2) is 4.79 Å². The van der Waals surface area contributed by atoms with Gasteiger partial charge in [-0.15, -0.1) is 0 Å². The van der Waals surface area contributed by atoms with E-state index in [2.05, 4.69) is 34.6 Å². The van der Waals surface area contributed by atoms with Crippen molar-refractivity contribution in [3.63, 3.8) is 0 Å². The molecule has 5 saturated heterocycles. The molecule has 0 amide bonds. The van der Waals surface area contributed by atoms with Crippen molar-refractivity contribution in [1.29, 1.82) is 0 Å². The topological polar surface area (TPSA) is 289 Å². The number of carbonyl (C=O) groups is 11. The van der Waals surface area contributed by atoms with Crippen molar-refractivity contribution in [2.45, 2.75) is 315 Å². The van der Waals surface area contributed by atoms with Crippen LogP contribution in [0.25, 0.3) is 0 Å². The van der Waals surface area contributed by atoms with Gasteiger partial charge in [-0.2, -0.15) is 0 Å². The number of ether oxygens (including phenoxy) is 11. The molecule has 16 bridgehead atoms. The van der Waals surface area contributed by atoms with Gasteiger partial charge in [-0.3, -0.25) is 47.9 Å². The predicted octanol–water partition coefficient (Wildman–Crippen LogP) is 16.2. The zero-order chi connectivity index (χ0) is 86.5. The Labute approximate surface area is 717 Å². The summed E-state index contributed by atoms with van der Waals surface area (Å²) in [6.45, 7) is 36.4. The van der Waals surface area contributed by atoms with E-state index in [0.29, 0.717) is 142 Å². The number of cyclic esters (lactones) is 5. The third kappa shape index (κ3) is 14.2. The highest BCUT2D eigenvalue weighted by atomic mass is 16.6. The van der Waals surface area contributed by atoms with Crippen LogP contribution in [-0.2, 0) is 105 Å². The number of hydrogen-bond acceptors (Lipinski definition) is 22. The van der Waals surface area contributed by atoms with Gasteiger partial charge in [0, 0.05) is 28.1 Å². The molecule has 16 aliphatic carbocycles. The Hall–Kier alpha value is -5.83. The average Bonchev–Trinajstić information content (AvgIpc) is 1.54. The van der Waals surface area contributed by atoms with Gasteiger partial charge in [-0.05, 0) is 347 Å². The predicted molar refractivity (Wildman–Crippen MR) is 440 cm³/mol. The van der Waals surface area contributed by atoms with Crippen LogP contribution in [0, 0.1) is 196 Å². The highest BCUT2D eigenvalue weighted by molar-refractivity contribution is 5.83. The van der Waals surface area contributed by atoms with Gasteiger partial charge in [0.15, 0.2) is 6.61 Å². The molecular formula is C99H144O22. The Morgan fingerprint density at radius 3 is 1.19 bits per heavy atom. The van der Waals surface area contributed by atoms with Crippen LogP contribution < -0.4 is 0 Å². The maximum atomic E-state index is 12.7. The summed E-state index contributed by atoms with van der Waals surface area (Å²) in [6.07, 6.45) is 24.9. The van der Waals surface area contributed by atoms with Crippen LogP contribution in [0.3, 0.4) is 0 Å². The molecule has 21 fully saturated rings. The maximum Gasteiger partial charge on any atom is 0.344 e. The smallest absolute Gasteiger partial charge is 0.344 e. The van der Waals surface area contributed by atoms with Crippen LogP contribution >= 0.6 is 0 Å². The summed E-state index contributed by atoms with van der Waals surface area (Å²) < 4.78 is 61.4. The number of fused-ring (bicyclic) bond motifs is 36. The molecule has 34 atom stereocenters. The number of carbonyl (C=O) groups excluding carboxylic acids is 11. The summed E-state index contributed by atoms with van der Waals surface area (Å²) in [4.78, 5) is 134. The van der Waals surface area contributed by atoms with E-state index in [1.165, 1.54) is 51.4 Å². The van der Waals surface area contributed by atoms with Crippen LogP contribution in [0.4, 0.5) is 0 Å². The minimum absolute atomic E-state index is 0.0000652. The molecular weight excluding hydrogens is 1540 g/mol. The molecule has 121 heavy (non-hydrogen) atoms. The largest absolute Gasteiger partial charge is 0.465 e. The third-order valence-corrected chi connectivity index (χ3v) is 39.5. The second-order valence-corrected chi connectivity index (χ2v) is 47.0. The molecule has 0 N–H and O–H groups in total. The maximum absolute atomic E-state index is 12.7. The first-order valence-electron chi connectivity index (χ1n) is 48.1. The van der Waals surface area contributed by atoms with E-state index in [1.54, 1.807) is 13.8 Å². The highest BCUT2D eigenvalue weighted by Crippen LogP contribution is 2.78. The fourth-order valence-electron chi connectivity index (χ4n) is 31.4. The second kappa shape index (κ2) is 31.0. The Bertz CT molecular complexity index is 4110. The molecule has 34 unspecified atom stereocenters. The Morgan fingerprint density at radius 1 is 0.347 bits per heavy atom. The molecule has 21 aliphatic rings.